The second-order valence-electron chi connectivity index (χ2n) is 5.19. The highest BCUT2D eigenvalue weighted by molar-refractivity contribution is 5.94. The van der Waals surface area contributed by atoms with Gasteiger partial charge in [0.2, 0.25) is 5.91 Å². The molecule has 0 aromatic heterocycles. The van der Waals surface area contributed by atoms with Gasteiger partial charge in [0.15, 0.2) is 0 Å². The van der Waals surface area contributed by atoms with Crippen LogP contribution in [0.4, 0.5) is 5.69 Å². The Balaban J connectivity index is 2.76. The number of hydrogen-bond acceptors (Lipinski definition) is 3. The number of hydrogen-bond donors (Lipinski definition) is 1. The van der Waals surface area contributed by atoms with Crippen molar-refractivity contribution in [3.8, 4) is 6.07 Å². The minimum Gasteiger partial charge on any atom is -0.325 e. The Morgan fingerprint density at radius 3 is 2.65 bits per heavy atom. The third-order valence-electron chi connectivity index (χ3n) is 3.28. The number of anilines is 1. The monoisotopic (exact) mass is 273 g/mol. The van der Waals surface area contributed by atoms with Crippen LogP contribution in [0.15, 0.2) is 24.3 Å². The highest BCUT2D eigenvalue weighted by Crippen LogP contribution is 2.13. The molecule has 0 bridgehead atoms. The van der Waals surface area contributed by atoms with E-state index >= 15 is 0 Å². The summed E-state index contributed by atoms with van der Waals surface area (Å²) in [6.45, 7) is 9.10. The first kappa shape index (κ1) is 16.2. The van der Waals surface area contributed by atoms with E-state index in [0.717, 1.165) is 13.0 Å². The topological polar surface area (TPSA) is 56.1 Å². The maximum absolute atomic E-state index is 12.3. The Morgan fingerprint density at radius 2 is 2.10 bits per heavy atom. The van der Waals surface area contributed by atoms with Gasteiger partial charge in [0.1, 0.15) is 0 Å². The fourth-order valence-corrected chi connectivity index (χ4v) is 2.22. The summed E-state index contributed by atoms with van der Waals surface area (Å²) >= 11 is 0. The van der Waals surface area contributed by atoms with Crippen molar-refractivity contribution in [1.29, 1.82) is 5.26 Å². The lowest BCUT2D eigenvalue weighted by molar-refractivity contribution is -0.121. The summed E-state index contributed by atoms with van der Waals surface area (Å²) in [6.07, 6.45) is 1.01. The zero-order chi connectivity index (χ0) is 15.1. The van der Waals surface area contributed by atoms with E-state index in [4.69, 9.17) is 5.26 Å². The first-order valence-corrected chi connectivity index (χ1v) is 7.06. The average molecular weight is 273 g/mol. The zero-order valence-corrected chi connectivity index (χ0v) is 12.7. The molecule has 0 aliphatic rings. The van der Waals surface area contributed by atoms with Gasteiger partial charge in [0, 0.05) is 11.7 Å². The zero-order valence-electron chi connectivity index (χ0n) is 12.7. The fourth-order valence-electron chi connectivity index (χ4n) is 2.22. The van der Waals surface area contributed by atoms with E-state index in [0.29, 0.717) is 17.3 Å². The molecule has 20 heavy (non-hydrogen) atoms. The molecule has 1 aromatic carbocycles. The molecule has 0 aliphatic heterocycles. The van der Waals surface area contributed by atoms with E-state index in [1.165, 1.54) is 0 Å². The molecule has 0 saturated heterocycles. The van der Waals surface area contributed by atoms with Gasteiger partial charge in [-0.3, -0.25) is 9.69 Å². The summed E-state index contributed by atoms with van der Waals surface area (Å²) in [5, 5.41) is 11.7. The van der Waals surface area contributed by atoms with Gasteiger partial charge >= 0.3 is 0 Å². The van der Waals surface area contributed by atoms with Crippen LogP contribution in [-0.2, 0) is 4.79 Å². The van der Waals surface area contributed by atoms with Gasteiger partial charge in [-0.2, -0.15) is 5.26 Å². The van der Waals surface area contributed by atoms with Crippen molar-refractivity contribution in [2.24, 2.45) is 0 Å². The fraction of sp³-hybridized carbons (Fsp3) is 0.500. The Morgan fingerprint density at radius 1 is 1.40 bits per heavy atom. The summed E-state index contributed by atoms with van der Waals surface area (Å²) in [4.78, 5) is 14.5. The molecule has 0 heterocycles. The summed E-state index contributed by atoms with van der Waals surface area (Å²) in [5.74, 6) is -0.0396. The van der Waals surface area contributed by atoms with Crippen molar-refractivity contribution in [1.82, 2.24) is 4.90 Å². The van der Waals surface area contributed by atoms with E-state index in [1.807, 2.05) is 6.92 Å². The van der Waals surface area contributed by atoms with Crippen molar-refractivity contribution in [3.05, 3.63) is 29.8 Å². The Bertz CT molecular complexity index is 491. The molecule has 108 valence electrons. The molecule has 1 N–H and O–H groups in total. The van der Waals surface area contributed by atoms with Crippen molar-refractivity contribution >= 4 is 11.6 Å². The number of nitrogens with one attached hydrogen (secondary N) is 1. The normalized spacial score (nSPS) is 12.2. The third kappa shape index (κ3) is 4.36. The highest BCUT2D eigenvalue weighted by atomic mass is 16.2. The highest BCUT2D eigenvalue weighted by Gasteiger charge is 2.22. The minimum atomic E-state index is -0.194. The first-order valence-electron chi connectivity index (χ1n) is 7.06. The lowest BCUT2D eigenvalue weighted by Crippen LogP contribution is -2.46. The predicted octanol–water partition coefficient (Wildman–Crippen LogP) is 3.01. The number of nitrogens with zero attached hydrogens (tertiary/aromatic N) is 2. The molecule has 1 rings (SSSR count). The van der Waals surface area contributed by atoms with Crippen LogP contribution in [0.2, 0.25) is 0 Å². The van der Waals surface area contributed by atoms with Crippen LogP contribution < -0.4 is 5.32 Å². The van der Waals surface area contributed by atoms with Crippen molar-refractivity contribution in [2.45, 2.75) is 46.2 Å². The summed E-state index contributed by atoms with van der Waals surface area (Å²) in [6, 6.07) is 9.17. The Hall–Kier alpha value is -1.86. The molecule has 4 nitrogen and oxygen atoms in total. The number of carbonyl (C=O) groups is 1. The van der Waals surface area contributed by atoms with E-state index in [2.05, 4.69) is 37.1 Å². The Labute approximate surface area is 121 Å². The van der Waals surface area contributed by atoms with E-state index < -0.39 is 0 Å². The largest absolute Gasteiger partial charge is 0.325 e. The SMILES string of the molecule is CCCN(C(C)C)C(C)C(=O)Nc1cccc(C#N)c1. The van der Waals surface area contributed by atoms with Gasteiger partial charge in [-0.05, 0) is 51.9 Å². The van der Waals surface area contributed by atoms with Gasteiger partial charge in [0.05, 0.1) is 17.7 Å². The van der Waals surface area contributed by atoms with Crippen LogP contribution in [0.3, 0.4) is 0 Å². The third-order valence-corrected chi connectivity index (χ3v) is 3.28. The standard InChI is InChI=1S/C16H23N3O/c1-5-9-19(12(2)3)13(4)16(20)18-15-8-6-7-14(10-15)11-17/h6-8,10,12-13H,5,9H2,1-4H3,(H,18,20). The maximum Gasteiger partial charge on any atom is 0.241 e. The van der Waals surface area contributed by atoms with Crippen LogP contribution >= 0.6 is 0 Å². The number of carbonyl (C=O) groups excluding carboxylic acids is 1. The van der Waals surface area contributed by atoms with Crippen LogP contribution in [0.25, 0.3) is 0 Å². The first-order chi connectivity index (χ1) is 9.49. The molecular formula is C16H23N3O. The number of rotatable bonds is 6. The van der Waals surface area contributed by atoms with Crippen molar-refractivity contribution < 1.29 is 4.79 Å². The van der Waals surface area contributed by atoms with Crippen molar-refractivity contribution in [3.63, 3.8) is 0 Å². The molecule has 4 heteroatoms. The molecular weight excluding hydrogens is 250 g/mol. The molecule has 1 unspecified atom stereocenters. The lowest BCUT2D eigenvalue weighted by Gasteiger charge is -2.31. The van der Waals surface area contributed by atoms with Crippen molar-refractivity contribution in [2.75, 3.05) is 11.9 Å². The lowest BCUT2D eigenvalue weighted by atomic mass is 10.1. The number of nitriles is 1. The van der Waals surface area contributed by atoms with Gasteiger partial charge in [0.25, 0.3) is 0 Å². The van der Waals surface area contributed by atoms with E-state index in [9.17, 15) is 4.79 Å². The maximum atomic E-state index is 12.3. The molecule has 0 aliphatic carbocycles. The molecule has 0 fully saturated rings. The van der Waals surface area contributed by atoms with Crippen LogP contribution in [0, 0.1) is 11.3 Å². The second kappa shape index (κ2) is 7.66. The predicted molar refractivity (Wildman–Crippen MR) is 81.4 cm³/mol. The van der Waals surface area contributed by atoms with E-state index in [-0.39, 0.29) is 11.9 Å². The average Bonchev–Trinajstić information content (AvgIpc) is 2.43. The summed E-state index contributed by atoms with van der Waals surface area (Å²) in [7, 11) is 0. The quantitative estimate of drug-likeness (QED) is 0.866. The molecule has 0 radical (unpaired) electrons. The smallest absolute Gasteiger partial charge is 0.241 e. The molecule has 1 atom stereocenters. The molecule has 0 saturated carbocycles. The van der Waals surface area contributed by atoms with Gasteiger partial charge in [-0.15, -0.1) is 0 Å². The molecule has 0 spiro atoms. The van der Waals surface area contributed by atoms with Crippen LogP contribution in [0.5, 0.6) is 0 Å². The van der Waals surface area contributed by atoms with Gasteiger partial charge in [-0.25, -0.2) is 0 Å². The minimum absolute atomic E-state index is 0.0396. The Kier molecular flexibility index (Phi) is 6.20. The van der Waals surface area contributed by atoms with Crippen LogP contribution in [0.1, 0.15) is 39.7 Å². The van der Waals surface area contributed by atoms with Gasteiger partial charge < -0.3 is 5.32 Å². The number of amides is 1. The molecule has 1 amide bonds. The summed E-state index contributed by atoms with van der Waals surface area (Å²) in [5.41, 5.74) is 1.21. The van der Waals surface area contributed by atoms with Gasteiger partial charge in [-0.1, -0.05) is 13.0 Å². The van der Waals surface area contributed by atoms with Crippen LogP contribution in [-0.4, -0.2) is 29.4 Å². The second-order valence-corrected chi connectivity index (χ2v) is 5.19. The molecule has 1 aromatic rings. The summed E-state index contributed by atoms with van der Waals surface area (Å²) < 4.78 is 0. The van der Waals surface area contributed by atoms with E-state index in [1.54, 1.807) is 24.3 Å². The number of benzene rings is 1.